The Morgan fingerprint density at radius 1 is 1.11 bits per heavy atom. The van der Waals surface area contributed by atoms with Gasteiger partial charge in [0.2, 0.25) is 0 Å². The highest BCUT2D eigenvalue weighted by atomic mass is 16.4. The van der Waals surface area contributed by atoms with E-state index in [0.29, 0.717) is 6.54 Å². The summed E-state index contributed by atoms with van der Waals surface area (Å²) in [6, 6.07) is 10.1. The van der Waals surface area contributed by atoms with Crippen molar-refractivity contribution >= 4 is 0 Å². The summed E-state index contributed by atoms with van der Waals surface area (Å²) in [7, 11) is 0. The molecule has 1 saturated heterocycles. The van der Waals surface area contributed by atoms with Crippen LogP contribution in [0.25, 0.3) is 0 Å². The summed E-state index contributed by atoms with van der Waals surface area (Å²) in [5, 5.41) is 29.5. The quantitative estimate of drug-likeness (QED) is 0.737. The van der Waals surface area contributed by atoms with Crippen LogP contribution in [0.4, 0.5) is 0 Å². The van der Waals surface area contributed by atoms with Crippen LogP contribution < -0.4 is 0 Å². The second-order valence-corrected chi connectivity index (χ2v) is 5.25. The van der Waals surface area contributed by atoms with Crippen LogP contribution in [0.1, 0.15) is 18.9 Å². The zero-order valence-corrected chi connectivity index (χ0v) is 11.3. The number of aliphatic hydroxyl groups is 3. The van der Waals surface area contributed by atoms with E-state index in [-0.39, 0.29) is 6.04 Å². The van der Waals surface area contributed by atoms with Crippen molar-refractivity contribution in [3.8, 4) is 0 Å². The smallest absolute Gasteiger partial charge is 0.108 e. The third-order valence-corrected chi connectivity index (χ3v) is 3.98. The normalized spacial score (nSPS) is 32.4. The fraction of sp³-hybridized carbons (Fsp3) is 0.600. The fourth-order valence-electron chi connectivity index (χ4n) is 2.83. The van der Waals surface area contributed by atoms with Gasteiger partial charge in [-0.1, -0.05) is 37.3 Å². The van der Waals surface area contributed by atoms with E-state index in [0.717, 1.165) is 19.4 Å². The van der Waals surface area contributed by atoms with Gasteiger partial charge in [-0.25, -0.2) is 0 Å². The number of aliphatic hydroxyl groups excluding tert-OH is 3. The van der Waals surface area contributed by atoms with Gasteiger partial charge in [0, 0.05) is 19.1 Å². The van der Waals surface area contributed by atoms with E-state index < -0.39 is 18.3 Å². The number of likely N-dealkylation sites (tertiary alicyclic amines) is 1. The Labute approximate surface area is 114 Å². The SMILES string of the molecule is CC[C@H]1[C@@H](O)[C@H](O)[C@@H](O)CN1CCc1ccccc1. The summed E-state index contributed by atoms with van der Waals surface area (Å²) >= 11 is 0. The molecule has 0 aromatic heterocycles. The number of rotatable bonds is 4. The highest BCUT2D eigenvalue weighted by molar-refractivity contribution is 5.15. The lowest BCUT2D eigenvalue weighted by Crippen LogP contribution is -2.61. The Morgan fingerprint density at radius 2 is 1.79 bits per heavy atom. The number of hydrogen-bond acceptors (Lipinski definition) is 4. The minimum atomic E-state index is -1.03. The van der Waals surface area contributed by atoms with E-state index in [1.807, 2.05) is 25.1 Å². The van der Waals surface area contributed by atoms with Crippen LogP contribution in [-0.4, -0.2) is 57.7 Å². The van der Waals surface area contributed by atoms with E-state index in [2.05, 4.69) is 17.0 Å². The third kappa shape index (κ3) is 3.34. The second kappa shape index (κ2) is 6.48. The van der Waals surface area contributed by atoms with E-state index in [4.69, 9.17) is 0 Å². The van der Waals surface area contributed by atoms with Crippen LogP contribution in [0.2, 0.25) is 0 Å². The lowest BCUT2D eigenvalue weighted by molar-refractivity contribution is -0.137. The van der Waals surface area contributed by atoms with Crippen molar-refractivity contribution in [2.45, 2.75) is 44.1 Å². The molecule has 1 aromatic carbocycles. The molecule has 1 fully saturated rings. The molecule has 1 heterocycles. The molecule has 2 rings (SSSR count). The van der Waals surface area contributed by atoms with Crippen molar-refractivity contribution in [3.05, 3.63) is 35.9 Å². The Kier molecular flexibility index (Phi) is 4.93. The number of piperidine rings is 1. The van der Waals surface area contributed by atoms with Gasteiger partial charge in [-0.05, 0) is 18.4 Å². The molecule has 3 N–H and O–H groups in total. The van der Waals surface area contributed by atoms with Gasteiger partial charge in [-0.3, -0.25) is 4.90 Å². The molecule has 0 unspecified atom stereocenters. The second-order valence-electron chi connectivity index (χ2n) is 5.25. The van der Waals surface area contributed by atoms with Crippen molar-refractivity contribution in [2.24, 2.45) is 0 Å². The van der Waals surface area contributed by atoms with Gasteiger partial charge in [-0.15, -0.1) is 0 Å². The molecule has 19 heavy (non-hydrogen) atoms. The maximum atomic E-state index is 10.0. The van der Waals surface area contributed by atoms with Crippen LogP contribution in [0.3, 0.4) is 0 Å². The molecule has 0 aliphatic carbocycles. The van der Waals surface area contributed by atoms with Gasteiger partial charge >= 0.3 is 0 Å². The predicted molar refractivity (Wildman–Crippen MR) is 73.8 cm³/mol. The summed E-state index contributed by atoms with van der Waals surface area (Å²) in [6.45, 7) is 3.20. The van der Waals surface area contributed by atoms with Gasteiger partial charge in [0.05, 0.1) is 12.2 Å². The third-order valence-electron chi connectivity index (χ3n) is 3.98. The van der Waals surface area contributed by atoms with Gasteiger partial charge in [0.25, 0.3) is 0 Å². The monoisotopic (exact) mass is 265 g/mol. The van der Waals surface area contributed by atoms with Crippen LogP contribution in [-0.2, 0) is 6.42 Å². The average molecular weight is 265 g/mol. The summed E-state index contributed by atoms with van der Waals surface area (Å²) in [6.07, 6.45) is -1.12. The fourth-order valence-corrected chi connectivity index (χ4v) is 2.83. The van der Waals surface area contributed by atoms with Crippen LogP contribution >= 0.6 is 0 Å². The zero-order valence-electron chi connectivity index (χ0n) is 11.3. The lowest BCUT2D eigenvalue weighted by Gasteiger charge is -2.43. The topological polar surface area (TPSA) is 63.9 Å². The van der Waals surface area contributed by atoms with E-state index in [1.165, 1.54) is 5.56 Å². The summed E-state index contributed by atoms with van der Waals surface area (Å²) in [5.41, 5.74) is 1.24. The van der Waals surface area contributed by atoms with Crippen molar-refractivity contribution in [3.63, 3.8) is 0 Å². The van der Waals surface area contributed by atoms with Gasteiger partial charge in [0.15, 0.2) is 0 Å². The van der Waals surface area contributed by atoms with Gasteiger partial charge in [-0.2, -0.15) is 0 Å². The molecule has 1 aliphatic heterocycles. The Hall–Kier alpha value is -0.940. The Balaban J connectivity index is 1.98. The molecule has 0 saturated carbocycles. The van der Waals surface area contributed by atoms with Gasteiger partial charge in [0.1, 0.15) is 6.10 Å². The molecular formula is C15H23NO3. The first-order valence-electron chi connectivity index (χ1n) is 6.95. The van der Waals surface area contributed by atoms with Crippen molar-refractivity contribution in [1.29, 1.82) is 0 Å². The molecule has 4 heteroatoms. The zero-order chi connectivity index (χ0) is 13.8. The average Bonchev–Trinajstić information content (AvgIpc) is 2.44. The predicted octanol–water partition coefficient (Wildman–Crippen LogP) is 0.406. The number of nitrogens with zero attached hydrogens (tertiary/aromatic N) is 1. The Bertz CT molecular complexity index is 384. The number of β-amino-alcohol motifs (C(OH)–C–C–N with tert-alkyl or cyclic N) is 1. The molecule has 1 aliphatic rings. The highest BCUT2D eigenvalue weighted by Crippen LogP contribution is 2.21. The van der Waals surface area contributed by atoms with Crippen LogP contribution in [0.5, 0.6) is 0 Å². The van der Waals surface area contributed by atoms with E-state index in [1.54, 1.807) is 0 Å². The van der Waals surface area contributed by atoms with Crippen molar-refractivity contribution in [2.75, 3.05) is 13.1 Å². The first-order chi connectivity index (χ1) is 9.13. The largest absolute Gasteiger partial charge is 0.389 e. The van der Waals surface area contributed by atoms with Crippen LogP contribution in [0.15, 0.2) is 30.3 Å². The maximum absolute atomic E-state index is 10.0. The molecule has 0 amide bonds. The summed E-state index contributed by atoms with van der Waals surface area (Å²) < 4.78 is 0. The molecule has 4 nitrogen and oxygen atoms in total. The van der Waals surface area contributed by atoms with Crippen LogP contribution in [0, 0.1) is 0 Å². The lowest BCUT2D eigenvalue weighted by atomic mass is 9.92. The number of hydrogen-bond donors (Lipinski definition) is 3. The minimum Gasteiger partial charge on any atom is -0.389 e. The summed E-state index contributed by atoms with van der Waals surface area (Å²) in [4.78, 5) is 2.08. The number of benzene rings is 1. The Morgan fingerprint density at radius 3 is 2.42 bits per heavy atom. The van der Waals surface area contributed by atoms with Crippen molar-refractivity contribution in [1.82, 2.24) is 4.90 Å². The molecule has 1 aromatic rings. The highest BCUT2D eigenvalue weighted by Gasteiger charge is 2.39. The van der Waals surface area contributed by atoms with E-state index >= 15 is 0 Å². The standard InChI is InChI=1S/C15H23NO3/c1-2-12-14(18)15(19)13(17)10-16(12)9-8-11-6-4-3-5-7-11/h3-7,12-15,17-19H,2,8-10H2,1H3/t12-,13-,14+,15+/m0/s1. The molecule has 106 valence electrons. The summed E-state index contributed by atoms with van der Waals surface area (Å²) in [5.74, 6) is 0. The van der Waals surface area contributed by atoms with Gasteiger partial charge < -0.3 is 15.3 Å². The molecule has 0 radical (unpaired) electrons. The minimum absolute atomic E-state index is 0.0814. The maximum Gasteiger partial charge on any atom is 0.108 e. The molecule has 0 bridgehead atoms. The van der Waals surface area contributed by atoms with Crippen molar-refractivity contribution < 1.29 is 15.3 Å². The first kappa shape index (κ1) is 14.5. The van der Waals surface area contributed by atoms with E-state index in [9.17, 15) is 15.3 Å². The molecule has 4 atom stereocenters. The molecule has 0 spiro atoms. The molecular weight excluding hydrogens is 242 g/mol. The first-order valence-corrected chi connectivity index (χ1v) is 6.95.